The fourth-order valence-electron chi connectivity index (χ4n) is 2.48. The number of alkyl halides is 3. The molecule has 2 rings (SSSR count). The highest BCUT2D eigenvalue weighted by atomic mass is 19.4. The summed E-state index contributed by atoms with van der Waals surface area (Å²) in [6.07, 6.45) is -4.79. The summed E-state index contributed by atoms with van der Waals surface area (Å²) in [6, 6.07) is 1.66. The number of halogens is 3. The van der Waals surface area contributed by atoms with Gasteiger partial charge in [-0.2, -0.15) is 13.2 Å². The molecular weight excluding hydrogens is 329 g/mol. The van der Waals surface area contributed by atoms with Crippen LogP contribution in [0.3, 0.4) is 0 Å². The second-order valence-electron chi connectivity index (χ2n) is 5.71. The predicted molar refractivity (Wildman–Crippen MR) is 78.9 cm³/mol. The van der Waals surface area contributed by atoms with Crippen molar-refractivity contribution in [2.75, 3.05) is 25.1 Å². The van der Waals surface area contributed by atoms with E-state index in [0.29, 0.717) is 6.07 Å². The van der Waals surface area contributed by atoms with Gasteiger partial charge in [0.05, 0.1) is 23.9 Å². The van der Waals surface area contributed by atoms with E-state index in [9.17, 15) is 22.8 Å². The van der Waals surface area contributed by atoms with Gasteiger partial charge in [-0.15, -0.1) is 0 Å². The molecule has 2 N–H and O–H groups in total. The van der Waals surface area contributed by atoms with Gasteiger partial charge in [0.15, 0.2) is 5.60 Å². The van der Waals surface area contributed by atoms with Crippen LogP contribution in [0.1, 0.15) is 29.8 Å². The molecule has 1 aromatic rings. The number of ether oxygens (including phenoxy) is 2. The van der Waals surface area contributed by atoms with Gasteiger partial charge in [-0.25, -0.2) is 4.79 Å². The molecule has 1 aliphatic heterocycles. The summed E-state index contributed by atoms with van der Waals surface area (Å²) in [5.74, 6) is -1.76. The quantitative estimate of drug-likeness (QED) is 0.846. The first-order valence-corrected chi connectivity index (χ1v) is 7.07. The van der Waals surface area contributed by atoms with Crippen molar-refractivity contribution in [1.82, 2.24) is 0 Å². The standard InChI is InChI=1S/C15H17F3N2O4/c1-14(2)13(22)20(5-4-19)10-6-8(12(21)23-3)9(15(16,17)18)7-11(10)24-14/h6-7H,4-5,19H2,1-3H3. The molecule has 132 valence electrons. The maximum Gasteiger partial charge on any atom is 0.417 e. The monoisotopic (exact) mass is 346 g/mol. The Morgan fingerprint density at radius 2 is 2.00 bits per heavy atom. The third-order valence-corrected chi connectivity index (χ3v) is 3.58. The molecule has 0 atom stereocenters. The van der Waals surface area contributed by atoms with Crippen LogP contribution < -0.4 is 15.4 Å². The Labute approximate surface area is 136 Å². The van der Waals surface area contributed by atoms with E-state index in [1.54, 1.807) is 0 Å². The maximum absolute atomic E-state index is 13.3. The molecule has 1 amide bonds. The summed E-state index contributed by atoms with van der Waals surface area (Å²) in [5, 5.41) is 0. The zero-order chi connectivity index (χ0) is 18.3. The molecule has 1 aromatic carbocycles. The number of nitrogens with two attached hydrogens (primary N) is 1. The number of carbonyl (C=O) groups is 2. The van der Waals surface area contributed by atoms with E-state index in [1.807, 2.05) is 0 Å². The average molecular weight is 346 g/mol. The summed E-state index contributed by atoms with van der Waals surface area (Å²) < 4.78 is 49.6. The van der Waals surface area contributed by atoms with Crippen molar-refractivity contribution in [3.8, 4) is 5.75 Å². The Bertz CT molecular complexity index is 686. The normalized spacial score (nSPS) is 16.5. The van der Waals surface area contributed by atoms with Crippen molar-refractivity contribution in [3.05, 3.63) is 23.3 Å². The lowest BCUT2D eigenvalue weighted by molar-refractivity contribution is -0.138. The molecule has 0 aromatic heterocycles. The number of carbonyl (C=O) groups excluding carboxylic acids is 2. The minimum Gasteiger partial charge on any atom is -0.476 e. The van der Waals surface area contributed by atoms with E-state index < -0.39 is 34.8 Å². The largest absolute Gasteiger partial charge is 0.476 e. The average Bonchev–Trinajstić information content (AvgIpc) is 2.49. The number of hydrogen-bond donors (Lipinski definition) is 1. The van der Waals surface area contributed by atoms with E-state index in [2.05, 4.69) is 4.74 Å². The number of hydrogen-bond acceptors (Lipinski definition) is 5. The smallest absolute Gasteiger partial charge is 0.417 e. The molecule has 0 fully saturated rings. The summed E-state index contributed by atoms with van der Waals surface area (Å²) in [4.78, 5) is 25.4. The van der Waals surface area contributed by atoms with Gasteiger partial charge in [0, 0.05) is 13.1 Å². The van der Waals surface area contributed by atoms with Gasteiger partial charge in [-0.1, -0.05) is 0 Å². The highest BCUT2D eigenvalue weighted by molar-refractivity contribution is 6.04. The molecular formula is C15H17F3N2O4. The fourth-order valence-corrected chi connectivity index (χ4v) is 2.48. The van der Waals surface area contributed by atoms with Crippen LogP contribution in [0.2, 0.25) is 0 Å². The van der Waals surface area contributed by atoms with Gasteiger partial charge >= 0.3 is 12.1 Å². The molecule has 0 saturated heterocycles. The minimum absolute atomic E-state index is 0.0539. The second-order valence-corrected chi connectivity index (χ2v) is 5.71. The molecule has 9 heteroatoms. The zero-order valence-corrected chi connectivity index (χ0v) is 13.4. The van der Waals surface area contributed by atoms with Gasteiger partial charge in [0.2, 0.25) is 0 Å². The van der Waals surface area contributed by atoms with E-state index in [-0.39, 0.29) is 24.5 Å². The zero-order valence-electron chi connectivity index (χ0n) is 13.4. The Balaban J connectivity index is 2.72. The SMILES string of the molecule is COC(=O)c1cc2c(cc1C(F)(F)F)OC(C)(C)C(=O)N2CCN. The van der Waals surface area contributed by atoms with Crippen LogP contribution in [0.15, 0.2) is 12.1 Å². The van der Waals surface area contributed by atoms with Gasteiger partial charge in [0.1, 0.15) is 5.75 Å². The Morgan fingerprint density at radius 1 is 1.38 bits per heavy atom. The Morgan fingerprint density at radius 3 is 2.50 bits per heavy atom. The summed E-state index contributed by atoms with van der Waals surface area (Å²) >= 11 is 0. The van der Waals surface area contributed by atoms with E-state index >= 15 is 0 Å². The van der Waals surface area contributed by atoms with Crippen LogP contribution in [-0.2, 0) is 15.7 Å². The van der Waals surface area contributed by atoms with Crippen molar-refractivity contribution in [2.45, 2.75) is 25.6 Å². The Kier molecular flexibility index (Phi) is 4.49. The predicted octanol–water partition coefficient (Wildman–Crippen LogP) is 1.95. The first kappa shape index (κ1) is 18.1. The molecule has 0 bridgehead atoms. The topological polar surface area (TPSA) is 81.9 Å². The van der Waals surface area contributed by atoms with Gasteiger partial charge in [-0.3, -0.25) is 4.79 Å². The van der Waals surface area contributed by atoms with Crippen molar-refractivity contribution in [1.29, 1.82) is 0 Å². The summed E-state index contributed by atoms with van der Waals surface area (Å²) in [7, 11) is 0.977. The number of amides is 1. The van der Waals surface area contributed by atoms with Crippen LogP contribution in [0, 0.1) is 0 Å². The molecule has 0 spiro atoms. The number of nitrogens with zero attached hydrogens (tertiary/aromatic N) is 1. The number of rotatable bonds is 3. The molecule has 0 unspecified atom stereocenters. The fraction of sp³-hybridized carbons (Fsp3) is 0.467. The molecule has 1 aliphatic rings. The minimum atomic E-state index is -4.79. The third-order valence-electron chi connectivity index (χ3n) is 3.58. The number of fused-ring (bicyclic) bond motifs is 1. The number of methoxy groups -OCH3 is 1. The van der Waals surface area contributed by atoms with Crippen LogP contribution in [0.4, 0.5) is 18.9 Å². The lowest BCUT2D eigenvalue weighted by Crippen LogP contribution is -2.53. The molecule has 0 saturated carbocycles. The number of benzene rings is 1. The molecule has 0 aliphatic carbocycles. The van der Waals surface area contributed by atoms with E-state index in [0.717, 1.165) is 13.2 Å². The number of esters is 1. The van der Waals surface area contributed by atoms with Gasteiger partial charge < -0.3 is 20.1 Å². The Hall–Kier alpha value is -2.29. The van der Waals surface area contributed by atoms with Crippen molar-refractivity contribution < 1.29 is 32.2 Å². The second kappa shape index (κ2) is 5.97. The number of anilines is 1. The highest BCUT2D eigenvalue weighted by Crippen LogP contribution is 2.43. The van der Waals surface area contributed by atoms with Crippen molar-refractivity contribution >= 4 is 17.6 Å². The summed E-state index contributed by atoms with van der Waals surface area (Å²) in [5.41, 5.74) is 2.31. The van der Waals surface area contributed by atoms with E-state index in [1.165, 1.54) is 18.7 Å². The first-order chi connectivity index (χ1) is 11.0. The van der Waals surface area contributed by atoms with Gasteiger partial charge in [0.25, 0.3) is 5.91 Å². The molecule has 1 heterocycles. The van der Waals surface area contributed by atoms with Crippen molar-refractivity contribution in [2.24, 2.45) is 5.73 Å². The van der Waals surface area contributed by atoms with Crippen LogP contribution in [0.25, 0.3) is 0 Å². The maximum atomic E-state index is 13.3. The molecule has 24 heavy (non-hydrogen) atoms. The highest BCUT2D eigenvalue weighted by Gasteiger charge is 2.44. The first-order valence-electron chi connectivity index (χ1n) is 7.07. The van der Waals surface area contributed by atoms with Crippen LogP contribution in [-0.4, -0.2) is 37.7 Å². The lowest BCUT2D eigenvalue weighted by atomic mass is 9.99. The third kappa shape index (κ3) is 3.03. The van der Waals surface area contributed by atoms with E-state index in [4.69, 9.17) is 10.5 Å². The molecule has 6 nitrogen and oxygen atoms in total. The van der Waals surface area contributed by atoms with Crippen LogP contribution in [0.5, 0.6) is 5.75 Å². The molecule has 0 radical (unpaired) electrons. The van der Waals surface area contributed by atoms with Crippen LogP contribution >= 0.6 is 0 Å². The van der Waals surface area contributed by atoms with Gasteiger partial charge in [-0.05, 0) is 26.0 Å². The van der Waals surface area contributed by atoms with Crippen molar-refractivity contribution in [3.63, 3.8) is 0 Å². The summed E-state index contributed by atoms with van der Waals surface area (Å²) in [6.45, 7) is 3.06. The lowest BCUT2D eigenvalue weighted by Gasteiger charge is -2.39.